The van der Waals surface area contributed by atoms with Crippen molar-refractivity contribution in [2.24, 2.45) is 11.8 Å². The quantitative estimate of drug-likeness (QED) is 0.101. The summed E-state index contributed by atoms with van der Waals surface area (Å²) in [5.41, 5.74) is 12.6. The molecule has 0 aliphatic carbocycles. The van der Waals surface area contributed by atoms with Crippen molar-refractivity contribution in [3.05, 3.63) is 77.4 Å². The molecule has 5 aromatic rings. The molecule has 2 fully saturated rings. The Morgan fingerprint density at radius 2 is 1.80 bits per heavy atom. The van der Waals surface area contributed by atoms with Crippen LogP contribution in [0.25, 0.3) is 27.7 Å². The predicted molar refractivity (Wildman–Crippen MR) is 185 cm³/mol. The summed E-state index contributed by atoms with van der Waals surface area (Å²) in [6.07, 6.45) is 8.37. The Balaban J connectivity index is 1.47. The normalized spacial score (nSPS) is 18.7. The number of para-hydroxylation sites is 1. The van der Waals surface area contributed by atoms with Gasteiger partial charge in [-0.15, -0.1) is 0 Å². The summed E-state index contributed by atoms with van der Waals surface area (Å²) in [5, 5.41) is 14.8. The molecule has 5 N–H and O–H groups in total. The van der Waals surface area contributed by atoms with Crippen LogP contribution >= 0.6 is 0 Å². The highest BCUT2D eigenvalue weighted by molar-refractivity contribution is 6.10. The first-order chi connectivity index (χ1) is 23.8. The van der Waals surface area contributed by atoms with Crippen molar-refractivity contribution in [2.75, 3.05) is 31.9 Å². The number of hydrogen-bond donors (Lipinski definition) is 4. The molecule has 256 valence electrons. The zero-order valence-corrected chi connectivity index (χ0v) is 27.9. The minimum absolute atomic E-state index is 0.0130. The van der Waals surface area contributed by atoms with E-state index in [-0.39, 0.29) is 23.8 Å². The Bertz CT molecular complexity index is 1970. The van der Waals surface area contributed by atoms with Crippen molar-refractivity contribution in [3.63, 3.8) is 0 Å². The second-order valence-electron chi connectivity index (χ2n) is 13.3. The van der Waals surface area contributed by atoms with Gasteiger partial charge in [-0.3, -0.25) is 9.89 Å². The third kappa shape index (κ3) is 6.04. The molecular formula is C37H41F2N7O3. The third-order valence-corrected chi connectivity index (χ3v) is 10.0. The summed E-state index contributed by atoms with van der Waals surface area (Å²) in [7, 11) is 0. The topological polar surface area (TPSA) is 132 Å². The number of benzene rings is 2. The summed E-state index contributed by atoms with van der Waals surface area (Å²) in [6.45, 7) is 9.56. The molecule has 3 aromatic heterocycles. The maximum atomic E-state index is 14.4. The fraction of sp³-hybridized carbons (Fsp3) is 0.378. The molecule has 10 nitrogen and oxygen atoms in total. The van der Waals surface area contributed by atoms with E-state index >= 15 is 0 Å². The van der Waals surface area contributed by atoms with Crippen LogP contribution in [0.1, 0.15) is 60.6 Å². The monoisotopic (exact) mass is 669 g/mol. The number of aldehydes is 1. The zero-order chi connectivity index (χ0) is 34.2. The smallest absolute Gasteiger partial charge is 0.219 e. The van der Waals surface area contributed by atoms with Crippen LogP contribution in [0, 0.1) is 30.4 Å². The molecule has 0 spiro atoms. The van der Waals surface area contributed by atoms with E-state index in [0.717, 1.165) is 86.1 Å². The van der Waals surface area contributed by atoms with Gasteiger partial charge in [0.25, 0.3) is 0 Å². The van der Waals surface area contributed by atoms with Crippen LogP contribution in [-0.4, -0.2) is 58.3 Å². The maximum Gasteiger partial charge on any atom is 0.219 e. The van der Waals surface area contributed by atoms with Crippen molar-refractivity contribution < 1.29 is 23.0 Å². The number of aryl methyl sites for hydroxylation is 1. The molecule has 12 heteroatoms. The molecule has 0 bridgehead atoms. The van der Waals surface area contributed by atoms with Gasteiger partial charge in [0.1, 0.15) is 11.8 Å². The number of H-pyrrole nitrogens is 1. The number of rotatable bonds is 9. The van der Waals surface area contributed by atoms with Crippen molar-refractivity contribution in [1.29, 1.82) is 0 Å². The summed E-state index contributed by atoms with van der Waals surface area (Å²) in [4.78, 5) is 17.8. The van der Waals surface area contributed by atoms with Crippen LogP contribution < -0.4 is 25.8 Å². The standard InChI is InChI=1S/C37H41F2N7O3/c1-20(2)25-17-42-12-9-31(25)48-37-30(19-47)46(29-18-43-32(13-21(29)3)49-36-26(38)5-4-6-27(36)39)28-14-24(22-7-10-41-11-8-22)35(40)33(34(28)37)23-15-44-45-16-23/h4-6,13-16,18-20,22,25,31,41-42H,7-12,17,40H2,1-3H3,(H,44,45). The van der Waals surface area contributed by atoms with Crippen LogP contribution in [0.3, 0.4) is 0 Å². The molecule has 2 aliphatic heterocycles. The van der Waals surface area contributed by atoms with Crippen LogP contribution in [0.5, 0.6) is 17.4 Å². The van der Waals surface area contributed by atoms with Gasteiger partial charge >= 0.3 is 0 Å². The van der Waals surface area contributed by atoms with E-state index in [1.807, 2.05) is 11.5 Å². The number of nitrogens with zero attached hydrogens (tertiary/aromatic N) is 3. The SMILES string of the molecule is Cc1cc(Oc2c(F)cccc2F)ncc1-n1c(C=O)c(OC2CCNCC2C(C)C)c2c(-c3cn[nH]c3)c(N)c(C3CCNCC3)cc21. The van der Waals surface area contributed by atoms with Crippen molar-refractivity contribution in [3.8, 4) is 34.2 Å². The lowest BCUT2D eigenvalue weighted by Crippen LogP contribution is -2.45. The fourth-order valence-electron chi connectivity index (χ4n) is 7.43. The molecule has 5 heterocycles. The lowest BCUT2D eigenvalue weighted by atomic mass is 9.85. The summed E-state index contributed by atoms with van der Waals surface area (Å²) >= 11 is 0. The lowest BCUT2D eigenvalue weighted by Gasteiger charge is -2.35. The largest absolute Gasteiger partial charge is 0.487 e. The molecule has 7 rings (SSSR count). The molecular weight excluding hydrogens is 628 g/mol. The first-order valence-corrected chi connectivity index (χ1v) is 16.9. The van der Waals surface area contributed by atoms with E-state index in [2.05, 4.69) is 45.7 Å². The number of hydrogen-bond acceptors (Lipinski definition) is 8. The number of fused-ring (bicyclic) bond motifs is 1. The Kier molecular flexibility index (Phi) is 9.08. The van der Waals surface area contributed by atoms with Crippen LogP contribution in [0.2, 0.25) is 0 Å². The van der Waals surface area contributed by atoms with Crippen LogP contribution in [0.15, 0.2) is 48.9 Å². The highest BCUT2D eigenvalue weighted by atomic mass is 19.1. The summed E-state index contributed by atoms with van der Waals surface area (Å²) < 4.78 is 43.3. The Morgan fingerprint density at radius 1 is 1.04 bits per heavy atom. The number of ether oxygens (including phenoxy) is 2. The lowest BCUT2D eigenvalue weighted by molar-refractivity contribution is 0.0762. The number of halogens is 2. The molecule has 0 saturated carbocycles. The Morgan fingerprint density at radius 3 is 2.47 bits per heavy atom. The maximum absolute atomic E-state index is 14.4. The number of carbonyl (C=O) groups excluding carboxylic acids is 1. The summed E-state index contributed by atoms with van der Waals surface area (Å²) in [6, 6.07) is 7.21. The fourth-order valence-corrected chi connectivity index (χ4v) is 7.43. The van der Waals surface area contributed by atoms with Gasteiger partial charge in [-0.2, -0.15) is 5.10 Å². The average Bonchev–Trinajstić information content (AvgIpc) is 3.73. The van der Waals surface area contributed by atoms with Crippen molar-refractivity contribution >= 4 is 22.9 Å². The number of aromatic amines is 1. The average molecular weight is 670 g/mol. The van der Waals surface area contributed by atoms with Gasteiger partial charge in [-0.25, -0.2) is 13.8 Å². The van der Waals surface area contributed by atoms with E-state index in [9.17, 15) is 13.6 Å². The van der Waals surface area contributed by atoms with Gasteiger partial charge in [-0.05, 0) is 87.0 Å². The molecule has 2 aromatic carbocycles. The van der Waals surface area contributed by atoms with E-state index in [1.54, 1.807) is 24.7 Å². The zero-order valence-electron chi connectivity index (χ0n) is 27.9. The number of anilines is 1. The molecule has 0 radical (unpaired) electrons. The minimum atomic E-state index is -0.836. The molecule has 2 unspecified atom stereocenters. The van der Waals surface area contributed by atoms with Crippen molar-refractivity contribution in [1.82, 2.24) is 30.4 Å². The molecule has 2 saturated heterocycles. The number of carbonyl (C=O) groups is 1. The highest BCUT2D eigenvalue weighted by Gasteiger charge is 2.34. The first-order valence-electron chi connectivity index (χ1n) is 16.9. The number of aromatic nitrogens is 4. The number of pyridine rings is 1. The number of nitrogen functional groups attached to an aromatic ring is 1. The summed E-state index contributed by atoms with van der Waals surface area (Å²) in [5.74, 6) is -0.984. The van der Waals surface area contributed by atoms with E-state index < -0.39 is 17.4 Å². The van der Waals surface area contributed by atoms with Gasteiger partial charge in [-0.1, -0.05) is 19.9 Å². The Hall–Kier alpha value is -4.81. The van der Waals surface area contributed by atoms with Gasteiger partial charge in [0.2, 0.25) is 11.6 Å². The van der Waals surface area contributed by atoms with Crippen molar-refractivity contribution in [2.45, 2.75) is 52.1 Å². The molecule has 49 heavy (non-hydrogen) atoms. The number of piperidine rings is 2. The van der Waals surface area contributed by atoms with Gasteiger partial charge in [0.15, 0.2) is 23.7 Å². The first kappa shape index (κ1) is 32.7. The van der Waals surface area contributed by atoms with E-state index in [1.165, 1.54) is 6.07 Å². The molecule has 2 atom stereocenters. The van der Waals surface area contributed by atoms with Gasteiger partial charge < -0.3 is 30.4 Å². The number of nitrogens with two attached hydrogens (primary N) is 1. The number of nitrogens with one attached hydrogen (secondary N) is 3. The Labute approximate surface area is 283 Å². The molecule has 2 aliphatic rings. The van der Waals surface area contributed by atoms with Crippen LogP contribution in [0.4, 0.5) is 14.5 Å². The third-order valence-electron chi connectivity index (χ3n) is 10.0. The van der Waals surface area contributed by atoms with E-state index in [0.29, 0.717) is 39.7 Å². The second-order valence-corrected chi connectivity index (χ2v) is 13.3. The van der Waals surface area contributed by atoms with Gasteiger partial charge in [0.05, 0.1) is 29.0 Å². The van der Waals surface area contributed by atoms with Gasteiger partial charge in [0, 0.05) is 41.5 Å². The predicted octanol–water partition coefficient (Wildman–Crippen LogP) is 6.67. The van der Waals surface area contributed by atoms with E-state index in [4.69, 9.17) is 15.2 Å². The van der Waals surface area contributed by atoms with Crippen LogP contribution in [-0.2, 0) is 0 Å². The second kappa shape index (κ2) is 13.6. The minimum Gasteiger partial charge on any atom is -0.487 e. The molecule has 0 amide bonds. The highest BCUT2D eigenvalue weighted by Crippen LogP contribution is 2.48.